The highest BCUT2D eigenvalue weighted by atomic mass is 35.5. The molecule has 4 heteroatoms. The second kappa shape index (κ2) is 6.41. The lowest BCUT2D eigenvalue weighted by Gasteiger charge is -2.23. The molecule has 0 spiro atoms. The molecular weight excluding hydrogens is 236 g/mol. The summed E-state index contributed by atoms with van der Waals surface area (Å²) >= 11 is 0. The Morgan fingerprint density at radius 1 is 1.47 bits per heavy atom. The van der Waals surface area contributed by atoms with Gasteiger partial charge in [-0.05, 0) is 25.8 Å². The average Bonchev–Trinajstić information content (AvgIpc) is 2.76. The smallest absolute Gasteiger partial charge is 0.226 e. The molecule has 3 nitrogen and oxygen atoms in total. The van der Waals surface area contributed by atoms with Crippen molar-refractivity contribution in [3.8, 4) is 0 Å². The van der Waals surface area contributed by atoms with E-state index in [1.165, 1.54) is 18.4 Å². The topological polar surface area (TPSA) is 41.1 Å². The van der Waals surface area contributed by atoms with Crippen LogP contribution in [-0.4, -0.2) is 25.5 Å². The molecule has 0 bridgehead atoms. The first-order valence-corrected chi connectivity index (χ1v) is 6.38. The fourth-order valence-electron chi connectivity index (χ4n) is 2.62. The van der Waals surface area contributed by atoms with Gasteiger partial charge in [0.15, 0.2) is 0 Å². The highest BCUT2D eigenvalue weighted by molar-refractivity contribution is 5.85. The zero-order valence-electron chi connectivity index (χ0n) is 10.6. The lowest BCUT2D eigenvalue weighted by atomic mass is 9.88. The second-order valence-corrected chi connectivity index (χ2v) is 5.27. The monoisotopic (exact) mass is 258 g/mol. The average molecular weight is 259 g/mol. The maximum Gasteiger partial charge on any atom is 0.226 e. The molecule has 0 atom stereocenters. The van der Waals surface area contributed by atoms with E-state index >= 15 is 0 Å². The first-order chi connectivity index (χ1) is 7.71. The molecule has 0 saturated heterocycles. The Balaban J connectivity index is 0.00000144. The first-order valence-electron chi connectivity index (χ1n) is 6.38. The summed E-state index contributed by atoms with van der Waals surface area (Å²) in [5.74, 6) is 0.254. The van der Waals surface area contributed by atoms with E-state index in [1.807, 2.05) is 0 Å². The minimum absolute atomic E-state index is 0. The largest absolute Gasteiger partial charge is 0.352 e. The van der Waals surface area contributed by atoms with Crippen molar-refractivity contribution in [3.63, 3.8) is 0 Å². The van der Waals surface area contributed by atoms with E-state index in [2.05, 4.69) is 23.6 Å². The second-order valence-electron chi connectivity index (χ2n) is 5.27. The van der Waals surface area contributed by atoms with E-state index in [0.717, 1.165) is 38.9 Å². The summed E-state index contributed by atoms with van der Waals surface area (Å²) in [6, 6.07) is 0. The molecule has 2 rings (SSSR count). The van der Waals surface area contributed by atoms with Gasteiger partial charge in [0.05, 0.1) is 0 Å². The molecule has 2 N–H and O–H groups in total. The molecule has 0 aromatic heterocycles. The number of nitrogens with one attached hydrogen (secondary N) is 2. The van der Waals surface area contributed by atoms with Crippen molar-refractivity contribution >= 4 is 18.3 Å². The Morgan fingerprint density at radius 2 is 2.18 bits per heavy atom. The summed E-state index contributed by atoms with van der Waals surface area (Å²) in [7, 11) is 0. The third-order valence-electron chi connectivity index (χ3n) is 3.89. The van der Waals surface area contributed by atoms with Crippen LogP contribution < -0.4 is 10.6 Å². The van der Waals surface area contributed by atoms with Crippen LogP contribution in [0.25, 0.3) is 0 Å². The molecule has 0 aromatic rings. The van der Waals surface area contributed by atoms with Gasteiger partial charge in [-0.2, -0.15) is 0 Å². The van der Waals surface area contributed by atoms with Crippen molar-refractivity contribution in [1.29, 1.82) is 0 Å². The maximum atomic E-state index is 12.1. The number of hydrogen-bond acceptors (Lipinski definition) is 2. The molecule has 2 aliphatic rings. The Hall–Kier alpha value is -0.540. The predicted molar refractivity (Wildman–Crippen MR) is 72.4 cm³/mol. The third kappa shape index (κ3) is 3.71. The minimum Gasteiger partial charge on any atom is -0.352 e. The lowest BCUT2D eigenvalue weighted by molar-refractivity contribution is -0.129. The summed E-state index contributed by atoms with van der Waals surface area (Å²) in [5, 5.41) is 6.38. The summed E-state index contributed by atoms with van der Waals surface area (Å²) in [6.45, 7) is 4.84. The number of halogens is 1. The van der Waals surface area contributed by atoms with Gasteiger partial charge in [0, 0.05) is 18.5 Å². The van der Waals surface area contributed by atoms with Gasteiger partial charge in [-0.1, -0.05) is 31.4 Å². The Labute approximate surface area is 110 Å². The molecule has 1 aliphatic heterocycles. The third-order valence-corrected chi connectivity index (χ3v) is 3.89. The van der Waals surface area contributed by atoms with E-state index in [9.17, 15) is 4.79 Å². The first kappa shape index (κ1) is 14.5. The minimum atomic E-state index is -0.0898. The van der Waals surface area contributed by atoms with E-state index in [1.54, 1.807) is 0 Å². The van der Waals surface area contributed by atoms with Crippen molar-refractivity contribution in [3.05, 3.63) is 11.6 Å². The SMILES string of the molecule is CC1(C(=O)NCC2=CCNCC2)CCCC1.Cl. The van der Waals surface area contributed by atoms with Gasteiger partial charge in [0.2, 0.25) is 5.91 Å². The molecule has 1 fully saturated rings. The molecule has 17 heavy (non-hydrogen) atoms. The van der Waals surface area contributed by atoms with Crippen LogP contribution >= 0.6 is 12.4 Å². The van der Waals surface area contributed by atoms with E-state index in [-0.39, 0.29) is 23.7 Å². The van der Waals surface area contributed by atoms with Crippen molar-refractivity contribution in [2.75, 3.05) is 19.6 Å². The zero-order valence-corrected chi connectivity index (χ0v) is 11.4. The molecule has 0 radical (unpaired) electrons. The Morgan fingerprint density at radius 3 is 2.76 bits per heavy atom. The fourth-order valence-corrected chi connectivity index (χ4v) is 2.62. The fraction of sp³-hybridized carbons (Fsp3) is 0.769. The van der Waals surface area contributed by atoms with Gasteiger partial charge in [-0.15, -0.1) is 12.4 Å². The van der Waals surface area contributed by atoms with E-state index in [0.29, 0.717) is 0 Å². The van der Waals surface area contributed by atoms with E-state index < -0.39 is 0 Å². The predicted octanol–water partition coefficient (Wildman–Crippen LogP) is 2.02. The van der Waals surface area contributed by atoms with E-state index in [4.69, 9.17) is 0 Å². The molecule has 0 unspecified atom stereocenters. The van der Waals surface area contributed by atoms with Gasteiger partial charge >= 0.3 is 0 Å². The van der Waals surface area contributed by atoms with Crippen LogP contribution in [0.2, 0.25) is 0 Å². The maximum absolute atomic E-state index is 12.1. The quantitative estimate of drug-likeness (QED) is 0.761. The summed E-state index contributed by atoms with van der Waals surface area (Å²) in [5.41, 5.74) is 1.28. The molecular formula is C13H23ClN2O. The van der Waals surface area contributed by atoms with Gasteiger partial charge < -0.3 is 10.6 Å². The number of rotatable bonds is 3. The van der Waals surface area contributed by atoms with Gasteiger partial charge in [-0.25, -0.2) is 0 Å². The van der Waals surface area contributed by atoms with Crippen LogP contribution in [0.4, 0.5) is 0 Å². The van der Waals surface area contributed by atoms with Crippen LogP contribution in [0.15, 0.2) is 11.6 Å². The molecule has 1 aliphatic carbocycles. The summed E-state index contributed by atoms with van der Waals surface area (Å²) in [6.07, 6.45) is 7.78. The Kier molecular flexibility index (Phi) is 5.47. The zero-order chi connectivity index (χ0) is 11.4. The van der Waals surface area contributed by atoms with Crippen molar-refractivity contribution < 1.29 is 4.79 Å². The number of hydrogen-bond donors (Lipinski definition) is 2. The Bertz CT molecular complexity index is 296. The molecule has 1 amide bonds. The highest BCUT2D eigenvalue weighted by Gasteiger charge is 2.35. The van der Waals surface area contributed by atoms with Gasteiger partial charge in [0.1, 0.15) is 0 Å². The molecule has 0 aromatic carbocycles. The van der Waals surface area contributed by atoms with Crippen molar-refractivity contribution in [1.82, 2.24) is 10.6 Å². The number of carbonyl (C=O) groups is 1. The van der Waals surface area contributed by atoms with Crippen molar-refractivity contribution in [2.24, 2.45) is 5.41 Å². The molecule has 1 heterocycles. The molecule has 1 saturated carbocycles. The molecule has 98 valence electrons. The van der Waals surface area contributed by atoms with Crippen molar-refractivity contribution in [2.45, 2.75) is 39.0 Å². The van der Waals surface area contributed by atoms with Crippen LogP contribution in [0.1, 0.15) is 39.0 Å². The normalized spacial score (nSPS) is 22.5. The lowest BCUT2D eigenvalue weighted by Crippen LogP contribution is -2.38. The van der Waals surface area contributed by atoms with Crippen LogP contribution in [0.5, 0.6) is 0 Å². The van der Waals surface area contributed by atoms with Gasteiger partial charge in [-0.3, -0.25) is 4.79 Å². The van der Waals surface area contributed by atoms with Crippen LogP contribution in [0, 0.1) is 5.41 Å². The van der Waals surface area contributed by atoms with Gasteiger partial charge in [0.25, 0.3) is 0 Å². The number of amides is 1. The van der Waals surface area contributed by atoms with Crippen LogP contribution in [-0.2, 0) is 4.79 Å². The number of carbonyl (C=O) groups excluding carboxylic acids is 1. The van der Waals surface area contributed by atoms with Crippen LogP contribution in [0.3, 0.4) is 0 Å². The summed E-state index contributed by atoms with van der Waals surface area (Å²) < 4.78 is 0. The summed E-state index contributed by atoms with van der Waals surface area (Å²) in [4.78, 5) is 12.1. The highest BCUT2D eigenvalue weighted by Crippen LogP contribution is 2.37. The standard InChI is InChI=1S/C13H22N2O.ClH/c1-13(6-2-3-7-13)12(16)15-10-11-4-8-14-9-5-11;/h4,14H,2-3,5-10H2,1H3,(H,15,16);1H.